The van der Waals surface area contributed by atoms with Gasteiger partial charge < -0.3 is 14.9 Å². The van der Waals surface area contributed by atoms with Crippen LogP contribution in [0.2, 0.25) is 0 Å². The Hall–Kier alpha value is -0.610. The number of carbonyl (C=O) groups is 1. The van der Waals surface area contributed by atoms with Gasteiger partial charge in [0.05, 0.1) is 6.61 Å². The number of hydrogen-bond acceptors (Lipinski definition) is 4. The van der Waals surface area contributed by atoms with E-state index in [0.29, 0.717) is 12.8 Å². The van der Waals surface area contributed by atoms with Crippen LogP contribution in [0.25, 0.3) is 0 Å². The molecule has 1 saturated heterocycles. The summed E-state index contributed by atoms with van der Waals surface area (Å²) in [7, 11) is 0. The molecule has 64 valence electrons. The smallest absolute Gasteiger partial charge is 0.306 e. The van der Waals surface area contributed by atoms with Gasteiger partial charge in [-0.25, -0.2) is 0 Å². The lowest BCUT2D eigenvalue weighted by Crippen LogP contribution is -2.41. The Balaban J connectivity index is 2.61. The monoisotopic (exact) mass is 160 g/mol. The first kappa shape index (κ1) is 8.49. The van der Waals surface area contributed by atoms with Crippen molar-refractivity contribution in [2.75, 3.05) is 6.61 Å². The van der Waals surface area contributed by atoms with E-state index >= 15 is 0 Å². The average Bonchev–Trinajstić information content (AvgIpc) is 2.31. The predicted octanol–water partition coefficient (Wildman–Crippen LogP) is -0.565. The predicted molar refractivity (Wildman–Crippen MR) is 36.8 cm³/mol. The third-order valence-electron chi connectivity index (χ3n) is 2.05. The standard InChI is InChI=1S/C7H12O4/c1-7(5(9)4-8)3-2-6(10)11-7/h5,8-9H,2-4H2,1H3/t5-,7-/m0/s1. The second-order valence-corrected chi connectivity index (χ2v) is 2.99. The van der Waals surface area contributed by atoms with E-state index in [9.17, 15) is 9.90 Å². The highest BCUT2D eigenvalue weighted by molar-refractivity contribution is 5.72. The summed E-state index contributed by atoms with van der Waals surface area (Å²) in [4.78, 5) is 10.7. The SMILES string of the molecule is C[C@@]1([C@@H](O)CO)CCC(=O)O1. The maximum Gasteiger partial charge on any atom is 0.306 e. The third kappa shape index (κ3) is 1.52. The highest BCUT2D eigenvalue weighted by Crippen LogP contribution is 2.29. The maximum atomic E-state index is 10.7. The number of aliphatic hydroxyl groups excluding tert-OH is 2. The molecule has 0 saturated carbocycles. The molecule has 2 N–H and O–H groups in total. The van der Waals surface area contributed by atoms with Gasteiger partial charge in [0.1, 0.15) is 11.7 Å². The second-order valence-electron chi connectivity index (χ2n) is 2.99. The molecule has 0 amide bonds. The van der Waals surface area contributed by atoms with Crippen LogP contribution in [0.4, 0.5) is 0 Å². The van der Waals surface area contributed by atoms with Crippen LogP contribution in [0.5, 0.6) is 0 Å². The molecule has 2 atom stereocenters. The minimum absolute atomic E-state index is 0.306. The van der Waals surface area contributed by atoms with Crippen molar-refractivity contribution in [2.24, 2.45) is 0 Å². The Morgan fingerprint density at radius 2 is 2.45 bits per heavy atom. The van der Waals surface area contributed by atoms with Crippen LogP contribution in [-0.2, 0) is 9.53 Å². The first-order valence-corrected chi connectivity index (χ1v) is 3.59. The van der Waals surface area contributed by atoms with Gasteiger partial charge in [-0.1, -0.05) is 0 Å². The molecule has 0 aromatic heterocycles. The van der Waals surface area contributed by atoms with Crippen molar-refractivity contribution in [3.05, 3.63) is 0 Å². The molecule has 0 aliphatic carbocycles. The van der Waals surface area contributed by atoms with Gasteiger partial charge in [0.15, 0.2) is 0 Å². The number of aliphatic hydroxyl groups is 2. The fourth-order valence-corrected chi connectivity index (χ4v) is 1.14. The molecule has 4 heteroatoms. The molecule has 0 bridgehead atoms. The molecule has 1 aliphatic heterocycles. The quantitative estimate of drug-likeness (QED) is 0.531. The average molecular weight is 160 g/mol. The molecule has 1 heterocycles. The summed E-state index contributed by atoms with van der Waals surface area (Å²) in [5.41, 5.74) is -0.869. The van der Waals surface area contributed by atoms with Crippen LogP contribution >= 0.6 is 0 Å². The number of esters is 1. The van der Waals surface area contributed by atoms with E-state index in [2.05, 4.69) is 0 Å². The molecule has 0 spiro atoms. The van der Waals surface area contributed by atoms with Gasteiger partial charge in [0.2, 0.25) is 0 Å². The molecule has 1 aliphatic rings. The van der Waals surface area contributed by atoms with Crippen LogP contribution in [0, 0.1) is 0 Å². The third-order valence-corrected chi connectivity index (χ3v) is 2.05. The second kappa shape index (κ2) is 2.79. The van der Waals surface area contributed by atoms with Gasteiger partial charge in [-0.15, -0.1) is 0 Å². The molecule has 4 nitrogen and oxygen atoms in total. The van der Waals surface area contributed by atoms with Crippen LogP contribution in [0.15, 0.2) is 0 Å². The number of carbonyl (C=O) groups excluding carboxylic acids is 1. The summed E-state index contributed by atoms with van der Waals surface area (Å²) in [6.45, 7) is 1.25. The zero-order valence-corrected chi connectivity index (χ0v) is 6.41. The molecular weight excluding hydrogens is 148 g/mol. The highest BCUT2D eigenvalue weighted by Gasteiger charge is 2.41. The molecule has 1 rings (SSSR count). The van der Waals surface area contributed by atoms with Crippen molar-refractivity contribution in [1.82, 2.24) is 0 Å². The van der Waals surface area contributed by atoms with Crippen LogP contribution in [0.3, 0.4) is 0 Å². The Labute approximate surface area is 64.8 Å². The maximum absolute atomic E-state index is 10.7. The van der Waals surface area contributed by atoms with Crippen LogP contribution in [-0.4, -0.2) is 34.5 Å². The largest absolute Gasteiger partial charge is 0.456 e. The Morgan fingerprint density at radius 3 is 2.82 bits per heavy atom. The lowest BCUT2D eigenvalue weighted by Gasteiger charge is -2.26. The summed E-state index contributed by atoms with van der Waals surface area (Å²) >= 11 is 0. The minimum Gasteiger partial charge on any atom is -0.456 e. The fourth-order valence-electron chi connectivity index (χ4n) is 1.14. The minimum atomic E-state index is -0.964. The van der Waals surface area contributed by atoms with Crippen LogP contribution < -0.4 is 0 Å². The van der Waals surface area contributed by atoms with Gasteiger partial charge in [-0.2, -0.15) is 0 Å². The molecule has 11 heavy (non-hydrogen) atoms. The highest BCUT2D eigenvalue weighted by atomic mass is 16.6. The van der Waals surface area contributed by atoms with E-state index in [4.69, 9.17) is 9.84 Å². The van der Waals surface area contributed by atoms with Gasteiger partial charge in [0, 0.05) is 12.8 Å². The summed E-state index contributed by atoms with van der Waals surface area (Å²) < 4.78 is 4.85. The van der Waals surface area contributed by atoms with Gasteiger partial charge >= 0.3 is 5.97 Å². The number of rotatable bonds is 2. The van der Waals surface area contributed by atoms with Crippen molar-refractivity contribution in [1.29, 1.82) is 0 Å². The van der Waals surface area contributed by atoms with Crippen molar-refractivity contribution in [2.45, 2.75) is 31.5 Å². The fraction of sp³-hybridized carbons (Fsp3) is 0.857. The topological polar surface area (TPSA) is 66.8 Å². The van der Waals surface area contributed by atoms with E-state index in [0.717, 1.165) is 0 Å². The molecular formula is C7H12O4. The van der Waals surface area contributed by atoms with E-state index in [1.807, 2.05) is 0 Å². The normalized spacial score (nSPS) is 33.5. The van der Waals surface area contributed by atoms with Gasteiger partial charge in [0.25, 0.3) is 0 Å². The number of cyclic esters (lactones) is 1. The summed E-state index contributed by atoms with van der Waals surface area (Å²) in [6, 6.07) is 0. The van der Waals surface area contributed by atoms with Crippen molar-refractivity contribution >= 4 is 5.97 Å². The summed E-state index contributed by atoms with van der Waals surface area (Å²) in [5.74, 6) is -0.306. The Morgan fingerprint density at radius 1 is 1.82 bits per heavy atom. The van der Waals surface area contributed by atoms with E-state index < -0.39 is 11.7 Å². The van der Waals surface area contributed by atoms with Gasteiger partial charge in [-0.3, -0.25) is 4.79 Å². The van der Waals surface area contributed by atoms with Crippen molar-refractivity contribution in [3.8, 4) is 0 Å². The summed E-state index contributed by atoms with van der Waals surface area (Å²) in [5, 5.41) is 17.8. The van der Waals surface area contributed by atoms with Gasteiger partial charge in [-0.05, 0) is 6.92 Å². The zero-order valence-electron chi connectivity index (χ0n) is 6.41. The van der Waals surface area contributed by atoms with Crippen LogP contribution in [0.1, 0.15) is 19.8 Å². The molecule has 0 aromatic rings. The molecule has 0 unspecified atom stereocenters. The van der Waals surface area contributed by atoms with Crippen molar-refractivity contribution < 1.29 is 19.7 Å². The number of ether oxygens (including phenoxy) is 1. The van der Waals surface area contributed by atoms with Crippen molar-refractivity contribution in [3.63, 3.8) is 0 Å². The van der Waals surface area contributed by atoms with E-state index in [-0.39, 0.29) is 12.6 Å². The lowest BCUT2D eigenvalue weighted by atomic mass is 9.96. The van der Waals surface area contributed by atoms with E-state index in [1.54, 1.807) is 6.92 Å². The first-order valence-electron chi connectivity index (χ1n) is 3.59. The molecule has 0 radical (unpaired) electrons. The molecule has 1 fully saturated rings. The first-order chi connectivity index (χ1) is 5.08. The lowest BCUT2D eigenvalue weighted by molar-refractivity contribution is -0.158. The molecule has 0 aromatic carbocycles. The Bertz CT molecular complexity index is 168. The summed E-state index contributed by atoms with van der Waals surface area (Å²) in [6.07, 6.45) is -0.157. The zero-order chi connectivity index (χ0) is 8.48. The Kier molecular flexibility index (Phi) is 2.15. The number of hydrogen-bond donors (Lipinski definition) is 2. The van der Waals surface area contributed by atoms with E-state index in [1.165, 1.54) is 0 Å².